The maximum absolute atomic E-state index is 13.1. The number of halogens is 1. The molecule has 0 radical (unpaired) electrons. The van der Waals surface area contributed by atoms with E-state index in [2.05, 4.69) is 46.3 Å². The molecule has 0 unspecified atom stereocenters. The van der Waals surface area contributed by atoms with Crippen molar-refractivity contribution in [3.8, 4) is 11.3 Å². The molecule has 1 aromatic heterocycles. The SMILES string of the molecule is CCc1cccc(CC)c1NC(=O)Nc1cnc(N2CCN(C)CC2)nc1-c1ccccc1Cl. The van der Waals surface area contributed by atoms with Gasteiger partial charge in [0, 0.05) is 37.4 Å². The molecule has 3 aromatic rings. The minimum Gasteiger partial charge on any atom is -0.338 e. The zero-order valence-electron chi connectivity index (χ0n) is 19.9. The van der Waals surface area contributed by atoms with Crippen LogP contribution >= 0.6 is 11.6 Å². The molecule has 1 aliphatic heterocycles. The number of aromatic nitrogens is 2. The van der Waals surface area contributed by atoms with Crippen LogP contribution in [0.25, 0.3) is 11.3 Å². The lowest BCUT2D eigenvalue weighted by atomic mass is 10.0. The number of carbonyl (C=O) groups is 1. The van der Waals surface area contributed by atoms with Gasteiger partial charge in [-0.15, -0.1) is 0 Å². The first-order valence-electron chi connectivity index (χ1n) is 11.7. The fraction of sp³-hybridized carbons (Fsp3) is 0.346. The lowest BCUT2D eigenvalue weighted by Crippen LogP contribution is -2.45. The smallest absolute Gasteiger partial charge is 0.323 e. The van der Waals surface area contributed by atoms with Gasteiger partial charge in [-0.3, -0.25) is 0 Å². The van der Waals surface area contributed by atoms with Crippen LogP contribution in [0.3, 0.4) is 0 Å². The highest BCUT2D eigenvalue weighted by molar-refractivity contribution is 6.33. The normalized spacial score (nSPS) is 14.2. The third-order valence-corrected chi connectivity index (χ3v) is 6.51. The molecule has 7 nitrogen and oxygen atoms in total. The Kier molecular flexibility index (Phi) is 7.65. The van der Waals surface area contributed by atoms with Gasteiger partial charge in [-0.2, -0.15) is 0 Å². The summed E-state index contributed by atoms with van der Waals surface area (Å²) in [6.45, 7) is 7.75. The summed E-state index contributed by atoms with van der Waals surface area (Å²) in [6.07, 6.45) is 3.33. The molecule has 1 aliphatic rings. The van der Waals surface area contributed by atoms with Crippen LogP contribution in [0, 0.1) is 0 Å². The van der Waals surface area contributed by atoms with E-state index in [0.29, 0.717) is 22.4 Å². The summed E-state index contributed by atoms with van der Waals surface area (Å²) in [5, 5.41) is 6.58. The van der Waals surface area contributed by atoms with Crippen molar-refractivity contribution in [2.24, 2.45) is 0 Å². The zero-order chi connectivity index (χ0) is 24.1. The van der Waals surface area contributed by atoms with E-state index in [9.17, 15) is 4.79 Å². The number of anilines is 3. The minimum atomic E-state index is -0.333. The van der Waals surface area contributed by atoms with Crippen molar-refractivity contribution in [1.82, 2.24) is 14.9 Å². The Morgan fingerprint density at radius 2 is 1.65 bits per heavy atom. The van der Waals surface area contributed by atoms with Crippen molar-refractivity contribution < 1.29 is 4.79 Å². The maximum Gasteiger partial charge on any atom is 0.323 e. The average Bonchev–Trinajstić information content (AvgIpc) is 2.85. The third kappa shape index (κ3) is 5.32. The molecule has 1 saturated heterocycles. The maximum atomic E-state index is 13.1. The fourth-order valence-corrected chi connectivity index (χ4v) is 4.38. The molecule has 0 spiro atoms. The van der Waals surface area contributed by atoms with Crippen LogP contribution in [-0.2, 0) is 12.8 Å². The second-order valence-electron chi connectivity index (χ2n) is 8.44. The summed E-state index contributed by atoms with van der Waals surface area (Å²) < 4.78 is 0. The molecule has 34 heavy (non-hydrogen) atoms. The van der Waals surface area contributed by atoms with E-state index in [1.807, 2.05) is 42.5 Å². The predicted molar refractivity (Wildman–Crippen MR) is 140 cm³/mol. The largest absolute Gasteiger partial charge is 0.338 e. The number of nitrogens with zero attached hydrogens (tertiary/aromatic N) is 4. The molecular weight excluding hydrogens is 448 g/mol. The Labute approximate surface area is 206 Å². The van der Waals surface area contributed by atoms with E-state index >= 15 is 0 Å². The summed E-state index contributed by atoms with van der Waals surface area (Å²) >= 11 is 6.52. The first-order valence-corrected chi connectivity index (χ1v) is 12.1. The topological polar surface area (TPSA) is 73.4 Å². The van der Waals surface area contributed by atoms with Crippen LogP contribution in [0.2, 0.25) is 5.02 Å². The number of para-hydroxylation sites is 1. The van der Waals surface area contributed by atoms with E-state index in [0.717, 1.165) is 61.4 Å². The Bertz CT molecular complexity index is 1140. The fourth-order valence-electron chi connectivity index (χ4n) is 4.15. The number of amides is 2. The molecule has 2 amide bonds. The van der Waals surface area contributed by atoms with E-state index in [4.69, 9.17) is 16.6 Å². The summed E-state index contributed by atoms with van der Waals surface area (Å²) in [5.74, 6) is 0.638. The molecule has 1 fully saturated rings. The molecule has 178 valence electrons. The summed E-state index contributed by atoms with van der Waals surface area (Å²) in [5.41, 5.74) is 4.92. The van der Waals surface area contributed by atoms with Gasteiger partial charge in [0.25, 0.3) is 0 Å². The lowest BCUT2D eigenvalue weighted by Gasteiger charge is -2.32. The van der Waals surface area contributed by atoms with Gasteiger partial charge >= 0.3 is 6.03 Å². The minimum absolute atomic E-state index is 0.333. The monoisotopic (exact) mass is 478 g/mol. The first-order chi connectivity index (χ1) is 16.5. The highest BCUT2D eigenvalue weighted by Crippen LogP contribution is 2.33. The number of urea groups is 1. The van der Waals surface area contributed by atoms with E-state index in [1.54, 1.807) is 6.20 Å². The molecule has 0 atom stereocenters. The molecule has 8 heteroatoms. The number of hydrogen-bond acceptors (Lipinski definition) is 5. The van der Waals surface area contributed by atoms with Crippen molar-refractivity contribution in [2.75, 3.05) is 48.8 Å². The van der Waals surface area contributed by atoms with Crippen LogP contribution in [0.1, 0.15) is 25.0 Å². The van der Waals surface area contributed by atoms with Gasteiger partial charge < -0.3 is 20.4 Å². The number of nitrogens with one attached hydrogen (secondary N) is 2. The van der Waals surface area contributed by atoms with Gasteiger partial charge in [0.1, 0.15) is 5.69 Å². The van der Waals surface area contributed by atoms with E-state index in [-0.39, 0.29) is 6.03 Å². The molecule has 4 rings (SSSR count). The van der Waals surface area contributed by atoms with E-state index < -0.39 is 0 Å². The first kappa shape index (κ1) is 24.0. The third-order valence-electron chi connectivity index (χ3n) is 6.18. The number of aryl methyl sites for hydroxylation is 2. The summed E-state index contributed by atoms with van der Waals surface area (Å²) in [6, 6.07) is 13.3. The number of likely N-dealkylation sites (N-methyl/N-ethyl adjacent to an activating group) is 1. The predicted octanol–water partition coefficient (Wildman–Crippen LogP) is 5.32. The van der Waals surface area contributed by atoms with Gasteiger partial charge in [-0.25, -0.2) is 14.8 Å². The highest BCUT2D eigenvalue weighted by Gasteiger charge is 2.21. The molecule has 0 bridgehead atoms. The van der Waals surface area contributed by atoms with Crippen LogP contribution in [0.4, 0.5) is 22.1 Å². The second-order valence-corrected chi connectivity index (χ2v) is 8.85. The Morgan fingerprint density at radius 1 is 0.971 bits per heavy atom. The van der Waals surface area contributed by atoms with Gasteiger partial charge in [0.15, 0.2) is 0 Å². The number of piperazine rings is 1. The second kappa shape index (κ2) is 10.8. The van der Waals surface area contributed by atoms with Gasteiger partial charge in [-0.1, -0.05) is 61.8 Å². The molecular formula is C26H31ClN6O. The highest BCUT2D eigenvalue weighted by atomic mass is 35.5. The Hall–Kier alpha value is -3.16. The van der Waals surface area contributed by atoms with Crippen LogP contribution in [0.15, 0.2) is 48.7 Å². The van der Waals surface area contributed by atoms with Gasteiger partial charge in [0.05, 0.1) is 16.9 Å². The Morgan fingerprint density at radius 3 is 2.29 bits per heavy atom. The zero-order valence-corrected chi connectivity index (χ0v) is 20.7. The number of hydrogen-bond donors (Lipinski definition) is 2. The summed E-state index contributed by atoms with van der Waals surface area (Å²) in [4.78, 5) is 27.0. The van der Waals surface area contributed by atoms with Crippen molar-refractivity contribution in [2.45, 2.75) is 26.7 Å². The number of benzene rings is 2. The van der Waals surface area contributed by atoms with Gasteiger partial charge in [-0.05, 0) is 37.1 Å². The Balaban J connectivity index is 1.65. The van der Waals surface area contributed by atoms with Crippen LogP contribution in [-0.4, -0.2) is 54.1 Å². The van der Waals surface area contributed by atoms with Crippen molar-refractivity contribution in [3.63, 3.8) is 0 Å². The van der Waals surface area contributed by atoms with Crippen molar-refractivity contribution in [1.29, 1.82) is 0 Å². The molecule has 0 saturated carbocycles. The van der Waals surface area contributed by atoms with Crippen LogP contribution < -0.4 is 15.5 Å². The van der Waals surface area contributed by atoms with Crippen molar-refractivity contribution in [3.05, 3.63) is 64.8 Å². The molecule has 2 heterocycles. The van der Waals surface area contributed by atoms with Crippen molar-refractivity contribution >= 4 is 35.0 Å². The van der Waals surface area contributed by atoms with E-state index in [1.165, 1.54) is 0 Å². The standard InChI is InChI=1S/C26H31ClN6O/c1-4-18-9-8-10-19(5-2)23(18)31-26(34)29-22-17-28-25(33-15-13-32(3)14-16-33)30-24(22)20-11-6-7-12-21(20)27/h6-12,17H,4-5,13-16H2,1-3H3,(H2,29,31,34). The molecule has 0 aliphatic carbocycles. The van der Waals surface area contributed by atoms with Gasteiger partial charge in [0.2, 0.25) is 5.95 Å². The van der Waals surface area contributed by atoms with Crippen LogP contribution in [0.5, 0.6) is 0 Å². The summed E-state index contributed by atoms with van der Waals surface area (Å²) in [7, 11) is 2.11. The molecule has 2 aromatic carbocycles. The molecule has 2 N–H and O–H groups in total. The number of rotatable bonds is 6. The average molecular weight is 479 g/mol. The number of carbonyl (C=O) groups excluding carboxylic acids is 1. The lowest BCUT2D eigenvalue weighted by molar-refractivity contribution is 0.262. The quantitative estimate of drug-likeness (QED) is 0.501.